The summed E-state index contributed by atoms with van der Waals surface area (Å²) in [6.45, 7) is 17.7. The molecule has 0 atom stereocenters. The largest absolute Gasteiger partial charge is 0.456 e. The number of ether oxygens (including phenoxy) is 8. The lowest BCUT2D eigenvalue weighted by molar-refractivity contribution is -0.121. The molecule has 40 nitrogen and oxygen atoms in total. The number of pyridine rings is 1. The maximum absolute atomic E-state index is 14.3. The van der Waals surface area contributed by atoms with Crippen LogP contribution in [0, 0.1) is 49.3 Å². The fraction of sp³-hybridized carbons (Fsp3) is 0.473. The molecule has 0 unspecified atom stereocenters. The Labute approximate surface area is 775 Å². The number of imidazole rings is 3. The highest BCUT2D eigenvalue weighted by Gasteiger charge is 2.29. The van der Waals surface area contributed by atoms with E-state index >= 15 is 0 Å². The van der Waals surface area contributed by atoms with Gasteiger partial charge in [0.15, 0.2) is 17.5 Å². The van der Waals surface area contributed by atoms with Gasteiger partial charge in [0.2, 0.25) is 29.4 Å². The molecule has 11 N–H and O–H groups in total. The molecule has 2 saturated heterocycles. The lowest BCUT2D eigenvalue weighted by Gasteiger charge is -2.30. The molecular weight excluding hydrogens is 1730 g/mol. The van der Waals surface area contributed by atoms with Gasteiger partial charge in [0, 0.05) is 179 Å². The molecular formula is C93H120FN21O19. The third-order valence-corrected chi connectivity index (χ3v) is 22.0. The quantitative estimate of drug-likeness (QED) is 0.0173. The van der Waals surface area contributed by atoms with Crippen molar-refractivity contribution in [3.8, 4) is 46.3 Å². The zero-order valence-electron chi connectivity index (χ0n) is 77.3. The van der Waals surface area contributed by atoms with Gasteiger partial charge in [-0.2, -0.15) is 0 Å². The number of aromatic amines is 1. The minimum Gasteiger partial charge on any atom is -0.456 e. The number of H-pyrrole nitrogens is 1. The third kappa shape index (κ3) is 30.4. The lowest BCUT2D eigenvalue weighted by atomic mass is 9.93. The van der Waals surface area contributed by atoms with E-state index in [1.54, 1.807) is 111 Å². The molecule has 7 aromatic heterocycles. The number of fused-ring (bicyclic) bond motifs is 1. The number of nitrogens with one attached hydrogen (secondary N) is 10. The monoisotopic (exact) mass is 1850 g/mol. The van der Waals surface area contributed by atoms with E-state index < -0.39 is 47.0 Å². The predicted octanol–water partition coefficient (Wildman–Crippen LogP) is 5.17. The standard InChI is InChI=1S/C93H120FN21O19/c1-61-50-65(94)51-62(2)82(61)134-75-16-15-64(93(3,4)126)52-69(75)71-58-113(10)92(125)81-70(71)55-72(103-81)86(119)100-66-22-32-114(33-23-66)29-13-11-12-14-63-20-30-115(31-21-63)35-37-128-39-41-130-43-45-132-47-49-133-48-46-131-44-42-129-40-38-127-36-28-95-78(116)17-24-99-89(122)84-106-76(59-111(84)8)104-79(117)18-25-98-88(121)74-54-68(57-110(74)7)102-91(124)85-107-77(60-112(85)9)105-80(118)19-26-97-87(120)73-53-67(56-109(73)6)101-90(123)83-96-27-34-108(83)5/h15-16,27,34,50-60,63,66,103,126H,17-26,28-33,35-49H2,1-10H3,(H,95,116)(H,97,120)(H,98,121)(H,99,122)(H,100,119)(H,101,123)(H,102,124)(H,104,117)(H,105,118). The average molecular weight is 1860 g/mol. The summed E-state index contributed by atoms with van der Waals surface area (Å²) in [5, 5.41) is 36.1. The Balaban J connectivity index is 0.436. The van der Waals surface area contributed by atoms with Gasteiger partial charge >= 0.3 is 0 Å². The number of benzene rings is 2. The number of rotatable bonds is 49. The Morgan fingerprint density at radius 2 is 1.01 bits per heavy atom. The van der Waals surface area contributed by atoms with Crippen molar-refractivity contribution in [3.63, 3.8) is 0 Å². The molecule has 41 heteroatoms. The minimum atomic E-state index is -1.20. The Kier molecular flexibility index (Phi) is 37.8. The second-order valence-electron chi connectivity index (χ2n) is 33.0. The number of carbonyl (C=O) groups is 9. The molecule has 2 aromatic carbocycles. The molecule has 11 rings (SSSR count). The van der Waals surface area contributed by atoms with Crippen molar-refractivity contribution >= 4 is 87.1 Å². The highest BCUT2D eigenvalue weighted by molar-refractivity contribution is 6.06. The molecule has 718 valence electrons. The number of anilines is 4. The van der Waals surface area contributed by atoms with Crippen molar-refractivity contribution in [2.24, 2.45) is 48.2 Å². The number of halogens is 1. The van der Waals surface area contributed by atoms with Gasteiger partial charge in [-0.3, -0.25) is 52.8 Å². The summed E-state index contributed by atoms with van der Waals surface area (Å²) in [5.41, 5.74) is 3.05. The van der Waals surface area contributed by atoms with Gasteiger partial charge in [0.1, 0.15) is 39.9 Å². The number of amides is 9. The first-order valence-electron chi connectivity index (χ1n) is 44.4. The summed E-state index contributed by atoms with van der Waals surface area (Å²) in [6, 6.07) is 12.7. The van der Waals surface area contributed by atoms with Crippen LogP contribution in [0.1, 0.15) is 139 Å². The number of hydrogen-bond donors (Lipinski definition) is 11. The molecule has 2 aliphatic heterocycles. The van der Waals surface area contributed by atoms with Crippen molar-refractivity contribution in [2.75, 3.05) is 179 Å². The summed E-state index contributed by atoms with van der Waals surface area (Å²) in [5.74, 6) is 9.61. The van der Waals surface area contributed by atoms with Crippen LogP contribution in [0.2, 0.25) is 0 Å². The van der Waals surface area contributed by atoms with E-state index in [1.165, 1.54) is 71.9 Å². The number of carbonyl (C=O) groups excluding carboxylic acids is 9. The van der Waals surface area contributed by atoms with Gasteiger partial charge in [-0.1, -0.05) is 17.9 Å². The van der Waals surface area contributed by atoms with Gasteiger partial charge in [-0.05, 0) is 137 Å². The minimum absolute atomic E-state index is 0.00736. The predicted molar refractivity (Wildman–Crippen MR) is 495 cm³/mol. The van der Waals surface area contributed by atoms with Crippen LogP contribution in [0.3, 0.4) is 0 Å². The SMILES string of the molecule is Cc1cc(F)cc(C)c1Oc1ccc(C(C)(C)O)cc1-c1cn(C)c(=O)c2[nH]c(C(=O)NC3CCN(CC#CC#CC4CCN(CCOCCOCCOCCOCCOCCOCCOCCNC(=O)CCNC(=O)c5nc(NC(=O)CCNC(=O)c6cc(NC(=O)c7nc(NC(=O)CCNC(=O)c8cc(NC(=O)c9nccn9C)cn8C)cn7C)cn6C)cn5C)CC4)CC3)cc12. The summed E-state index contributed by atoms with van der Waals surface area (Å²) in [4.78, 5) is 151. The Hall–Kier alpha value is -13.2. The summed E-state index contributed by atoms with van der Waals surface area (Å²) >= 11 is 0. The number of aromatic nitrogens is 10. The molecule has 2 fully saturated rings. The Morgan fingerprint density at radius 1 is 0.507 bits per heavy atom. The first-order valence-corrected chi connectivity index (χ1v) is 44.4. The number of nitrogens with zero attached hydrogens (tertiary/aromatic N) is 11. The first kappa shape index (κ1) is 101. The van der Waals surface area contributed by atoms with Crippen molar-refractivity contribution in [1.82, 2.24) is 83.7 Å². The Bertz CT molecular complexity index is 5750. The molecule has 0 radical (unpaired) electrons. The van der Waals surface area contributed by atoms with Crippen molar-refractivity contribution in [3.05, 3.63) is 159 Å². The molecule has 9 aromatic rings. The summed E-state index contributed by atoms with van der Waals surface area (Å²) < 4.78 is 69.0. The number of aryl methyl sites for hydroxylation is 8. The zero-order chi connectivity index (χ0) is 95.8. The van der Waals surface area contributed by atoms with Crippen LogP contribution >= 0.6 is 0 Å². The van der Waals surface area contributed by atoms with E-state index in [9.17, 15) is 57.4 Å². The fourth-order valence-corrected chi connectivity index (χ4v) is 14.8. The molecule has 0 bridgehead atoms. The average Bonchev–Trinajstić information content (AvgIpc) is 1.58. The maximum Gasteiger partial charge on any atom is 0.291 e. The van der Waals surface area contributed by atoms with Gasteiger partial charge < -0.3 is 128 Å². The molecule has 0 spiro atoms. The summed E-state index contributed by atoms with van der Waals surface area (Å²) in [6.07, 6.45) is 13.9. The van der Waals surface area contributed by atoms with E-state index in [4.69, 9.17) is 37.9 Å². The normalized spacial score (nSPS) is 13.2. The second kappa shape index (κ2) is 50.0. The van der Waals surface area contributed by atoms with Crippen LogP contribution < -0.4 is 58.1 Å². The van der Waals surface area contributed by atoms with Crippen LogP contribution in [0.5, 0.6) is 11.5 Å². The fourth-order valence-electron chi connectivity index (χ4n) is 14.8. The van der Waals surface area contributed by atoms with Gasteiger partial charge in [0.05, 0.1) is 116 Å². The van der Waals surface area contributed by atoms with Crippen LogP contribution in [0.4, 0.5) is 27.4 Å². The van der Waals surface area contributed by atoms with Gasteiger partial charge in [-0.25, -0.2) is 19.3 Å². The number of aliphatic hydroxyl groups is 1. The molecule has 2 aliphatic rings. The van der Waals surface area contributed by atoms with Gasteiger partial charge in [-0.15, -0.1) is 0 Å². The molecule has 0 aliphatic carbocycles. The van der Waals surface area contributed by atoms with Crippen LogP contribution in [0.15, 0.2) is 96.7 Å². The second-order valence-corrected chi connectivity index (χ2v) is 33.0. The van der Waals surface area contributed by atoms with Crippen molar-refractivity contribution in [2.45, 2.75) is 84.3 Å². The smallest absolute Gasteiger partial charge is 0.291 e. The number of piperidine rings is 2. The van der Waals surface area contributed by atoms with E-state index in [-0.39, 0.29) is 139 Å². The van der Waals surface area contributed by atoms with E-state index in [1.807, 2.05) is 6.07 Å². The number of likely N-dealkylation sites (tertiary alicyclic amines) is 2. The van der Waals surface area contributed by atoms with Crippen molar-refractivity contribution < 1.29 is 90.5 Å². The van der Waals surface area contributed by atoms with E-state index in [0.29, 0.717) is 149 Å². The summed E-state index contributed by atoms with van der Waals surface area (Å²) in [7, 11) is 9.68. The lowest BCUT2D eigenvalue weighted by Crippen LogP contribution is -2.44. The topological polar surface area (TPSA) is 464 Å². The highest BCUT2D eigenvalue weighted by atomic mass is 19.1. The first-order chi connectivity index (χ1) is 64.4. The van der Waals surface area contributed by atoms with E-state index in [2.05, 4.69) is 101 Å². The van der Waals surface area contributed by atoms with Crippen LogP contribution in [-0.2, 0) is 95.4 Å². The number of hydrogen-bond acceptors (Lipinski definition) is 24. The third-order valence-electron chi connectivity index (χ3n) is 22.0. The molecule has 9 heterocycles. The van der Waals surface area contributed by atoms with Gasteiger partial charge in [0.25, 0.3) is 41.0 Å². The van der Waals surface area contributed by atoms with Crippen LogP contribution in [0.25, 0.3) is 22.0 Å². The van der Waals surface area contributed by atoms with E-state index in [0.717, 1.165) is 58.4 Å². The molecule has 134 heavy (non-hydrogen) atoms. The highest BCUT2D eigenvalue weighted by Crippen LogP contribution is 2.41. The maximum atomic E-state index is 14.3. The van der Waals surface area contributed by atoms with Crippen LogP contribution in [-0.4, -0.2) is 279 Å². The molecule has 9 amide bonds. The zero-order valence-corrected chi connectivity index (χ0v) is 77.3. The Morgan fingerprint density at radius 3 is 1.54 bits per heavy atom. The molecule has 0 saturated carbocycles. The van der Waals surface area contributed by atoms with Crippen molar-refractivity contribution in [1.29, 1.82) is 0 Å².